The minimum atomic E-state index is 0.502. The average molecular weight is 736 g/mol. The fraction of sp³-hybridized carbons (Fsp3) is 1.00. The number of nitrogens with two attached hydrogens (primary N) is 1. The Morgan fingerprint density at radius 2 is 0.320 bits per heavy atom. The molecule has 2 N–H and O–H groups in total. The predicted octanol–water partition coefficient (Wildman–Crippen LogP) is -0.159. The molecular formula is C33H69NO16. The van der Waals surface area contributed by atoms with E-state index in [-0.39, 0.29) is 0 Å². The number of hydrogen-bond donors (Lipinski definition) is 1. The molecule has 50 heavy (non-hydrogen) atoms. The van der Waals surface area contributed by atoms with E-state index in [2.05, 4.69) is 0 Å². The maximum absolute atomic E-state index is 5.49. The van der Waals surface area contributed by atoms with Crippen LogP contribution < -0.4 is 5.73 Å². The van der Waals surface area contributed by atoms with Gasteiger partial charge in [0.25, 0.3) is 0 Å². The Balaban J connectivity index is 3.04. The Morgan fingerprint density at radius 1 is 0.200 bits per heavy atom. The van der Waals surface area contributed by atoms with Gasteiger partial charge in [0.15, 0.2) is 0 Å². The minimum Gasteiger partial charge on any atom is -0.382 e. The van der Waals surface area contributed by atoms with Crippen LogP contribution in [0.4, 0.5) is 0 Å². The van der Waals surface area contributed by atoms with Gasteiger partial charge in [0, 0.05) is 13.7 Å². The molecule has 0 aliphatic rings. The molecule has 0 amide bonds. The van der Waals surface area contributed by atoms with E-state index in [1.807, 2.05) is 0 Å². The van der Waals surface area contributed by atoms with Crippen LogP contribution >= 0.6 is 0 Å². The van der Waals surface area contributed by atoms with E-state index in [4.69, 9.17) is 81.5 Å². The summed E-state index contributed by atoms with van der Waals surface area (Å²) in [7, 11) is 1.64. The molecule has 0 heterocycles. The molecule has 17 heteroatoms. The molecular weight excluding hydrogens is 666 g/mol. The third kappa shape index (κ3) is 47.3. The third-order valence-corrected chi connectivity index (χ3v) is 5.90. The quantitative estimate of drug-likeness (QED) is 0.0816. The summed E-state index contributed by atoms with van der Waals surface area (Å²) in [5, 5.41) is 0. The molecule has 0 aromatic heterocycles. The zero-order chi connectivity index (χ0) is 35.9. The highest BCUT2D eigenvalue weighted by molar-refractivity contribution is 4.40. The van der Waals surface area contributed by atoms with E-state index in [1.165, 1.54) is 0 Å². The fourth-order valence-corrected chi connectivity index (χ4v) is 3.41. The van der Waals surface area contributed by atoms with Crippen molar-refractivity contribution in [2.45, 2.75) is 0 Å². The van der Waals surface area contributed by atoms with E-state index >= 15 is 0 Å². The normalized spacial score (nSPS) is 11.6. The number of rotatable bonds is 47. The van der Waals surface area contributed by atoms with Crippen molar-refractivity contribution in [2.24, 2.45) is 5.73 Å². The van der Waals surface area contributed by atoms with Gasteiger partial charge in [-0.2, -0.15) is 0 Å². The van der Waals surface area contributed by atoms with Gasteiger partial charge in [-0.25, -0.2) is 0 Å². The largest absolute Gasteiger partial charge is 0.382 e. The highest BCUT2D eigenvalue weighted by Crippen LogP contribution is 1.88. The van der Waals surface area contributed by atoms with Crippen LogP contribution in [0.25, 0.3) is 0 Å². The molecule has 0 aromatic carbocycles. The third-order valence-electron chi connectivity index (χ3n) is 5.90. The zero-order valence-corrected chi connectivity index (χ0v) is 30.7. The minimum absolute atomic E-state index is 0.502. The molecule has 0 saturated carbocycles. The molecule has 0 rings (SSSR count). The van der Waals surface area contributed by atoms with E-state index < -0.39 is 0 Å². The molecule has 0 bridgehead atoms. The second kappa shape index (κ2) is 48.3. The van der Waals surface area contributed by atoms with Crippen molar-refractivity contribution in [1.29, 1.82) is 0 Å². The summed E-state index contributed by atoms with van der Waals surface area (Å²) in [5.74, 6) is 0. The highest BCUT2D eigenvalue weighted by Gasteiger charge is 1.97. The number of methoxy groups -OCH3 is 1. The first-order valence-corrected chi connectivity index (χ1v) is 17.8. The Bertz CT molecular complexity index is 540. The van der Waals surface area contributed by atoms with Gasteiger partial charge in [-0.1, -0.05) is 0 Å². The van der Waals surface area contributed by atoms with Gasteiger partial charge in [-0.3, -0.25) is 0 Å². The lowest BCUT2D eigenvalue weighted by molar-refractivity contribution is -0.0302. The Kier molecular flexibility index (Phi) is 47.7. The van der Waals surface area contributed by atoms with Crippen molar-refractivity contribution < 1.29 is 75.8 Å². The van der Waals surface area contributed by atoms with Crippen LogP contribution in [-0.2, 0) is 75.8 Å². The molecule has 0 unspecified atom stereocenters. The molecule has 0 radical (unpaired) electrons. The van der Waals surface area contributed by atoms with Crippen molar-refractivity contribution in [1.82, 2.24) is 0 Å². The highest BCUT2D eigenvalue weighted by atomic mass is 16.6. The molecule has 17 nitrogen and oxygen atoms in total. The van der Waals surface area contributed by atoms with Gasteiger partial charge in [0.1, 0.15) is 0 Å². The lowest BCUT2D eigenvalue weighted by Gasteiger charge is -2.09. The van der Waals surface area contributed by atoms with Gasteiger partial charge in [-0.15, -0.1) is 0 Å². The maximum Gasteiger partial charge on any atom is 0.0701 e. The average Bonchev–Trinajstić information content (AvgIpc) is 3.13. The molecule has 0 saturated heterocycles. The maximum atomic E-state index is 5.49. The van der Waals surface area contributed by atoms with Crippen molar-refractivity contribution >= 4 is 0 Å². The monoisotopic (exact) mass is 735 g/mol. The Hall–Kier alpha value is -0.680. The number of hydrogen-bond acceptors (Lipinski definition) is 17. The van der Waals surface area contributed by atoms with Crippen molar-refractivity contribution in [3.63, 3.8) is 0 Å². The summed E-state index contributed by atoms with van der Waals surface area (Å²) in [4.78, 5) is 0. The first kappa shape index (κ1) is 49.3. The van der Waals surface area contributed by atoms with E-state index in [9.17, 15) is 0 Å². The van der Waals surface area contributed by atoms with Crippen LogP contribution in [0.3, 0.4) is 0 Å². The molecule has 0 aliphatic heterocycles. The van der Waals surface area contributed by atoms with Crippen LogP contribution in [0.5, 0.6) is 0 Å². The molecule has 0 atom stereocenters. The Labute approximate surface area is 300 Å². The molecule has 0 spiro atoms. The van der Waals surface area contributed by atoms with Crippen molar-refractivity contribution in [2.75, 3.05) is 218 Å². The molecule has 0 aliphatic carbocycles. The summed E-state index contributed by atoms with van der Waals surface area (Å²) < 4.78 is 86.3. The van der Waals surface area contributed by atoms with E-state index in [1.54, 1.807) is 7.11 Å². The summed E-state index contributed by atoms with van der Waals surface area (Å²) in [5.41, 5.74) is 5.33. The summed E-state index contributed by atoms with van der Waals surface area (Å²) in [6.45, 7) is 16.7. The summed E-state index contributed by atoms with van der Waals surface area (Å²) in [6, 6.07) is 0. The first-order valence-electron chi connectivity index (χ1n) is 17.8. The number of ether oxygens (including phenoxy) is 16. The van der Waals surface area contributed by atoms with Crippen LogP contribution in [0.15, 0.2) is 0 Å². The lowest BCUT2D eigenvalue weighted by atomic mass is 10.6. The van der Waals surface area contributed by atoms with Gasteiger partial charge in [-0.05, 0) is 0 Å². The summed E-state index contributed by atoms with van der Waals surface area (Å²) in [6.07, 6.45) is 0. The second-order valence-corrected chi connectivity index (χ2v) is 9.97. The molecule has 0 fully saturated rings. The van der Waals surface area contributed by atoms with Gasteiger partial charge >= 0.3 is 0 Å². The first-order chi connectivity index (χ1) is 24.9. The zero-order valence-electron chi connectivity index (χ0n) is 30.7. The van der Waals surface area contributed by atoms with E-state index in [0.717, 1.165) is 0 Å². The topological polar surface area (TPSA) is 174 Å². The predicted molar refractivity (Wildman–Crippen MR) is 183 cm³/mol. The van der Waals surface area contributed by atoms with Crippen LogP contribution in [0.2, 0.25) is 0 Å². The van der Waals surface area contributed by atoms with Gasteiger partial charge in [0.05, 0.1) is 205 Å². The molecule has 302 valence electrons. The second-order valence-electron chi connectivity index (χ2n) is 9.97. The van der Waals surface area contributed by atoms with Crippen LogP contribution in [0, 0.1) is 0 Å². The van der Waals surface area contributed by atoms with Gasteiger partial charge < -0.3 is 81.5 Å². The lowest BCUT2D eigenvalue weighted by Crippen LogP contribution is -2.16. The van der Waals surface area contributed by atoms with Crippen LogP contribution in [0.1, 0.15) is 0 Å². The van der Waals surface area contributed by atoms with Gasteiger partial charge in [0.2, 0.25) is 0 Å². The van der Waals surface area contributed by atoms with E-state index in [0.29, 0.717) is 211 Å². The van der Waals surface area contributed by atoms with Crippen molar-refractivity contribution in [3.05, 3.63) is 0 Å². The van der Waals surface area contributed by atoms with Crippen molar-refractivity contribution in [3.8, 4) is 0 Å². The molecule has 0 aromatic rings. The Morgan fingerprint density at radius 3 is 0.440 bits per heavy atom. The standard InChI is InChI=1S/C33H69NO16/c1-35-4-5-37-8-9-39-12-13-41-16-17-43-20-21-45-24-25-47-28-29-49-32-33-50-31-30-48-27-26-46-23-22-44-19-18-42-15-14-40-11-10-38-7-6-36-3-2-34/h2-34H2,1H3. The summed E-state index contributed by atoms with van der Waals surface area (Å²) >= 11 is 0. The smallest absolute Gasteiger partial charge is 0.0701 e. The fourth-order valence-electron chi connectivity index (χ4n) is 3.41. The van der Waals surface area contributed by atoms with Crippen LogP contribution in [-0.4, -0.2) is 218 Å². The SMILES string of the molecule is COCCOCCOCCOCCOCCOCCOCCOCCOCCOCCOCCOCCOCCOCCOCCOCCN.